The molecule has 33 heavy (non-hydrogen) atoms. The molecule has 1 aliphatic carbocycles. The summed E-state index contributed by atoms with van der Waals surface area (Å²) in [5.74, 6) is -0.133. The maximum absolute atomic E-state index is 13.2. The molecule has 7 heteroatoms. The van der Waals surface area contributed by atoms with E-state index in [9.17, 15) is 14.7 Å². The number of hydrogen-bond acceptors (Lipinski definition) is 6. The van der Waals surface area contributed by atoms with E-state index in [2.05, 4.69) is 12.1 Å². The van der Waals surface area contributed by atoms with Gasteiger partial charge in [-0.1, -0.05) is 55.0 Å². The van der Waals surface area contributed by atoms with Crippen LogP contribution in [-0.2, 0) is 9.47 Å². The number of aliphatic hydroxyl groups is 1. The van der Waals surface area contributed by atoms with Crippen molar-refractivity contribution in [3.05, 3.63) is 59.7 Å². The molecule has 0 bridgehead atoms. The van der Waals surface area contributed by atoms with Crippen molar-refractivity contribution in [1.29, 1.82) is 0 Å². The number of carbonyl (C=O) groups is 2. The van der Waals surface area contributed by atoms with Gasteiger partial charge in [-0.3, -0.25) is 0 Å². The highest BCUT2D eigenvalue weighted by atomic mass is 16.6. The number of ether oxygens (including phenoxy) is 2. The molecule has 3 N–H and O–H groups in total. The van der Waals surface area contributed by atoms with Crippen molar-refractivity contribution in [3.63, 3.8) is 0 Å². The summed E-state index contributed by atoms with van der Waals surface area (Å²) in [5.41, 5.74) is 9.17. The highest BCUT2D eigenvalue weighted by Crippen LogP contribution is 2.44. The van der Waals surface area contributed by atoms with Gasteiger partial charge in [0.2, 0.25) is 0 Å². The molecular weight excluding hydrogens is 420 g/mol. The van der Waals surface area contributed by atoms with Crippen molar-refractivity contribution in [2.24, 2.45) is 5.73 Å². The number of unbranched alkanes of at least 4 members (excludes halogenated alkanes) is 1. The van der Waals surface area contributed by atoms with Crippen LogP contribution in [0.2, 0.25) is 0 Å². The Bertz CT molecular complexity index is 924. The second-order valence-corrected chi connectivity index (χ2v) is 9.28. The molecule has 0 radical (unpaired) electrons. The van der Waals surface area contributed by atoms with Gasteiger partial charge in [0.05, 0.1) is 12.6 Å². The molecule has 0 unspecified atom stereocenters. The standard InChI is InChI=1S/C26H34N2O5/c1-26(2,3)33-25(31)28(18(16-29)10-8-9-15-27)24(30)32-17-23-21-13-6-4-11-19(21)20-12-5-7-14-22(20)23/h4-7,11-14,18,23,29H,8-10,15-17,27H2,1-3H3/t18-/m1/s1. The van der Waals surface area contributed by atoms with Crippen LogP contribution >= 0.6 is 0 Å². The Morgan fingerprint density at radius 3 is 2.09 bits per heavy atom. The lowest BCUT2D eigenvalue weighted by Gasteiger charge is -2.31. The largest absolute Gasteiger partial charge is 0.448 e. The summed E-state index contributed by atoms with van der Waals surface area (Å²) < 4.78 is 11.1. The van der Waals surface area contributed by atoms with Crippen LogP contribution in [0.3, 0.4) is 0 Å². The van der Waals surface area contributed by atoms with E-state index in [0.717, 1.165) is 33.6 Å². The molecule has 1 atom stereocenters. The highest BCUT2D eigenvalue weighted by molar-refractivity contribution is 5.88. The van der Waals surface area contributed by atoms with Gasteiger partial charge in [0, 0.05) is 5.92 Å². The summed E-state index contributed by atoms with van der Waals surface area (Å²) in [6.45, 7) is 5.37. The number of rotatable bonds is 8. The first kappa shape index (κ1) is 24.7. The van der Waals surface area contributed by atoms with Crippen molar-refractivity contribution in [3.8, 4) is 11.1 Å². The third-order valence-corrected chi connectivity index (χ3v) is 5.69. The maximum atomic E-state index is 13.2. The first-order chi connectivity index (χ1) is 15.8. The molecule has 1 aliphatic rings. The van der Waals surface area contributed by atoms with Gasteiger partial charge in [0.25, 0.3) is 0 Å². The van der Waals surface area contributed by atoms with Gasteiger partial charge in [-0.2, -0.15) is 0 Å². The van der Waals surface area contributed by atoms with Gasteiger partial charge in [0.1, 0.15) is 12.2 Å². The van der Waals surface area contributed by atoms with E-state index in [0.29, 0.717) is 19.4 Å². The van der Waals surface area contributed by atoms with Crippen molar-refractivity contribution in [2.45, 2.75) is 57.6 Å². The fourth-order valence-electron chi connectivity index (χ4n) is 4.17. The van der Waals surface area contributed by atoms with Crippen molar-refractivity contribution >= 4 is 12.2 Å². The molecule has 0 fully saturated rings. The number of fused-ring (bicyclic) bond motifs is 3. The molecule has 7 nitrogen and oxygen atoms in total. The molecule has 3 rings (SSSR count). The van der Waals surface area contributed by atoms with Crippen LogP contribution in [0.25, 0.3) is 11.1 Å². The molecule has 0 saturated heterocycles. The predicted octanol–water partition coefficient (Wildman–Crippen LogP) is 4.66. The number of amides is 2. The highest BCUT2D eigenvalue weighted by Gasteiger charge is 2.36. The molecule has 178 valence electrons. The lowest BCUT2D eigenvalue weighted by atomic mass is 9.98. The predicted molar refractivity (Wildman–Crippen MR) is 127 cm³/mol. The molecule has 0 spiro atoms. The van der Waals surface area contributed by atoms with Crippen LogP contribution in [-0.4, -0.2) is 53.6 Å². The van der Waals surface area contributed by atoms with E-state index in [1.807, 2.05) is 36.4 Å². The summed E-state index contributed by atoms with van der Waals surface area (Å²) >= 11 is 0. The smallest absolute Gasteiger partial charge is 0.420 e. The van der Waals surface area contributed by atoms with Crippen LogP contribution in [0, 0.1) is 0 Å². The third kappa shape index (κ3) is 5.92. The van der Waals surface area contributed by atoms with Crippen LogP contribution in [0.4, 0.5) is 9.59 Å². The molecule has 0 aliphatic heterocycles. The Balaban J connectivity index is 1.80. The SMILES string of the molecule is CC(C)(C)OC(=O)N(C(=O)OCC1c2ccccc2-c2ccccc21)[C@@H](CO)CCCCN. The Hall–Kier alpha value is -2.90. The van der Waals surface area contributed by atoms with Crippen LogP contribution in [0.5, 0.6) is 0 Å². The number of hydrogen-bond donors (Lipinski definition) is 2. The minimum absolute atomic E-state index is 0.0765. The van der Waals surface area contributed by atoms with Crippen molar-refractivity contribution in [2.75, 3.05) is 19.8 Å². The number of nitrogens with two attached hydrogens (primary N) is 1. The Morgan fingerprint density at radius 1 is 1.00 bits per heavy atom. The maximum Gasteiger partial charge on any atom is 0.420 e. The second-order valence-electron chi connectivity index (χ2n) is 9.28. The number of aliphatic hydroxyl groups excluding tert-OH is 1. The van der Waals surface area contributed by atoms with Gasteiger partial charge in [-0.05, 0) is 62.4 Å². The topological polar surface area (TPSA) is 102 Å². The van der Waals surface area contributed by atoms with Crippen molar-refractivity contribution < 1.29 is 24.2 Å². The zero-order valence-electron chi connectivity index (χ0n) is 19.6. The van der Waals surface area contributed by atoms with Gasteiger partial charge in [-0.25, -0.2) is 14.5 Å². The molecule has 0 aromatic heterocycles. The van der Waals surface area contributed by atoms with E-state index in [-0.39, 0.29) is 19.1 Å². The summed E-state index contributed by atoms with van der Waals surface area (Å²) in [6, 6.07) is 15.3. The first-order valence-electron chi connectivity index (χ1n) is 11.4. The fraction of sp³-hybridized carbons (Fsp3) is 0.462. The lowest BCUT2D eigenvalue weighted by molar-refractivity contribution is 0.00541. The zero-order chi connectivity index (χ0) is 24.0. The van der Waals surface area contributed by atoms with E-state index in [1.165, 1.54) is 0 Å². The number of imide groups is 1. The summed E-state index contributed by atoms with van der Waals surface area (Å²) in [7, 11) is 0. The Kier molecular flexibility index (Phi) is 8.10. The Labute approximate surface area is 195 Å². The van der Waals surface area contributed by atoms with Gasteiger partial charge >= 0.3 is 12.2 Å². The number of benzene rings is 2. The normalized spacial score (nSPS) is 13.7. The van der Waals surface area contributed by atoms with Gasteiger partial charge < -0.3 is 20.3 Å². The third-order valence-electron chi connectivity index (χ3n) is 5.69. The van der Waals surface area contributed by atoms with Crippen LogP contribution in [0.1, 0.15) is 57.1 Å². The molecule has 0 heterocycles. The minimum atomic E-state index is -0.827. The first-order valence-corrected chi connectivity index (χ1v) is 11.4. The van der Waals surface area contributed by atoms with Crippen LogP contribution in [0.15, 0.2) is 48.5 Å². The quantitative estimate of drug-likeness (QED) is 0.563. The van der Waals surface area contributed by atoms with Crippen molar-refractivity contribution in [1.82, 2.24) is 4.90 Å². The van der Waals surface area contributed by atoms with E-state index in [4.69, 9.17) is 15.2 Å². The molecule has 2 aromatic rings. The molecule has 2 aromatic carbocycles. The lowest BCUT2D eigenvalue weighted by Crippen LogP contribution is -2.49. The van der Waals surface area contributed by atoms with E-state index >= 15 is 0 Å². The van der Waals surface area contributed by atoms with Gasteiger partial charge in [0.15, 0.2) is 0 Å². The summed E-state index contributed by atoms with van der Waals surface area (Å²) in [4.78, 5) is 27.0. The van der Waals surface area contributed by atoms with E-state index in [1.54, 1.807) is 20.8 Å². The summed E-state index contributed by atoms with van der Waals surface area (Å²) in [5, 5.41) is 9.94. The molecule has 0 saturated carbocycles. The second kappa shape index (κ2) is 10.8. The van der Waals surface area contributed by atoms with Gasteiger partial charge in [-0.15, -0.1) is 0 Å². The number of carbonyl (C=O) groups excluding carboxylic acids is 2. The van der Waals surface area contributed by atoms with E-state index < -0.39 is 23.8 Å². The minimum Gasteiger partial charge on any atom is -0.448 e. The monoisotopic (exact) mass is 454 g/mol. The molecular formula is C26H34N2O5. The van der Waals surface area contributed by atoms with Crippen LogP contribution < -0.4 is 5.73 Å². The Morgan fingerprint density at radius 2 is 1.58 bits per heavy atom. The average molecular weight is 455 g/mol. The summed E-state index contributed by atoms with van der Waals surface area (Å²) in [6.07, 6.45) is 0.155. The number of nitrogens with zero attached hydrogens (tertiary/aromatic N) is 1. The average Bonchev–Trinajstić information content (AvgIpc) is 3.09. The fourth-order valence-corrected chi connectivity index (χ4v) is 4.17. The molecule has 2 amide bonds. The zero-order valence-corrected chi connectivity index (χ0v) is 19.6.